The number of amides is 1. The highest BCUT2D eigenvalue weighted by molar-refractivity contribution is 6.05. The van der Waals surface area contributed by atoms with Crippen molar-refractivity contribution < 1.29 is 9.53 Å². The van der Waals surface area contributed by atoms with E-state index in [-0.39, 0.29) is 5.91 Å². The van der Waals surface area contributed by atoms with Gasteiger partial charge in [0.05, 0.1) is 12.3 Å². The van der Waals surface area contributed by atoms with Gasteiger partial charge < -0.3 is 25.6 Å². The summed E-state index contributed by atoms with van der Waals surface area (Å²) in [6.07, 6.45) is 0.909. The first-order valence-electron chi connectivity index (χ1n) is 9.44. The molecule has 6 heteroatoms. The lowest BCUT2D eigenvalue weighted by Crippen LogP contribution is -2.44. The van der Waals surface area contributed by atoms with E-state index in [9.17, 15) is 4.79 Å². The summed E-state index contributed by atoms with van der Waals surface area (Å²) in [4.78, 5) is 17.2. The highest BCUT2D eigenvalue weighted by Crippen LogP contribution is 2.24. The standard InChI is InChI=1S/C21H28N4O2/c1-3-14-27-20-9-4-16(15-19(20)22)21(26)23-17-5-7-18(8-6-17)25-12-10-24(2)11-13-25/h4-9,15H,3,10-14,22H2,1-2H3,(H,23,26). The van der Waals surface area contributed by atoms with Crippen LogP contribution in [0.1, 0.15) is 23.7 Å². The summed E-state index contributed by atoms with van der Waals surface area (Å²) >= 11 is 0. The molecule has 6 nitrogen and oxygen atoms in total. The number of carbonyl (C=O) groups is 1. The number of hydrogen-bond acceptors (Lipinski definition) is 5. The molecule has 2 aromatic rings. The Labute approximate surface area is 160 Å². The van der Waals surface area contributed by atoms with Gasteiger partial charge in [-0.3, -0.25) is 4.79 Å². The molecule has 0 aliphatic carbocycles. The molecule has 1 aliphatic rings. The van der Waals surface area contributed by atoms with Crippen molar-refractivity contribution in [2.75, 3.05) is 55.8 Å². The first-order valence-corrected chi connectivity index (χ1v) is 9.44. The molecule has 0 spiro atoms. The van der Waals surface area contributed by atoms with E-state index in [4.69, 9.17) is 10.5 Å². The quantitative estimate of drug-likeness (QED) is 0.767. The number of benzene rings is 2. The van der Waals surface area contributed by atoms with E-state index in [0.29, 0.717) is 23.6 Å². The Balaban J connectivity index is 1.61. The largest absolute Gasteiger partial charge is 0.491 e. The maximum Gasteiger partial charge on any atom is 0.255 e. The summed E-state index contributed by atoms with van der Waals surface area (Å²) in [7, 11) is 2.14. The number of ether oxygens (including phenoxy) is 1. The Morgan fingerprint density at radius 3 is 2.44 bits per heavy atom. The van der Waals surface area contributed by atoms with Crippen LogP contribution in [0.2, 0.25) is 0 Å². The molecule has 1 heterocycles. The van der Waals surface area contributed by atoms with Crippen LogP contribution >= 0.6 is 0 Å². The summed E-state index contributed by atoms with van der Waals surface area (Å²) in [6.45, 7) is 6.82. The minimum absolute atomic E-state index is 0.184. The van der Waals surface area contributed by atoms with E-state index in [0.717, 1.165) is 38.3 Å². The average Bonchev–Trinajstić information content (AvgIpc) is 2.68. The summed E-state index contributed by atoms with van der Waals surface area (Å²) < 4.78 is 5.55. The number of nitrogens with two attached hydrogens (primary N) is 1. The number of likely N-dealkylation sites (N-methyl/N-ethyl adjacent to an activating group) is 1. The molecule has 1 fully saturated rings. The number of piperazine rings is 1. The van der Waals surface area contributed by atoms with Crippen LogP contribution in [-0.4, -0.2) is 50.6 Å². The Kier molecular flexibility index (Phi) is 6.19. The normalized spacial score (nSPS) is 14.8. The molecule has 27 heavy (non-hydrogen) atoms. The highest BCUT2D eigenvalue weighted by atomic mass is 16.5. The second kappa shape index (κ2) is 8.77. The van der Waals surface area contributed by atoms with Crippen molar-refractivity contribution in [3.8, 4) is 5.75 Å². The molecule has 3 rings (SSSR count). The van der Waals surface area contributed by atoms with Gasteiger partial charge in [-0.15, -0.1) is 0 Å². The zero-order valence-corrected chi connectivity index (χ0v) is 16.1. The van der Waals surface area contributed by atoms with E-state index in [1.54, 1.807) is 18.2 Å². The van der Waals surface area contributed by atoms with E-state index in [2.05, 4.69) is 34.3 Å². The minimum atomic E-state index is -0.184. The zero-order chi connectivity index (χ0) is 19.2. The third kappa shape index (κ3) is 4.92. The number of hydrogen-bond donors (Lipinski definition) is 2. The SMILES string of the molecule is CCCOc1ccc(C(=O)Nc2ccc(N3CCN(C)CC3)cc2)cc1N. The Bertz CT molecular complexity index is 768. The Morgan fingerprint density at radius 2 is 1.81 bits per heavy atom. The van der Waals surface area contributed by atoms with Crippen LogP contribution in [0.3, 0.4) is 0 Å². The van der Waals surface area contributed by atoms with Gasteiger partial charge in [-0.25, -0.2) is 0 Å². The Hall–Kier alpha value is -2.73. The third-order valence-corrected chi connectivity index (χ3v) is 4.73. The van der Waals surface area contributed by atoms with Gasteiger partial charge in [0.25, 0.3) is 5.91 Å². The molecule has 3 N–H and O–H groups in total. The number of anilines is 3. The van der Waals surface area contributed by atoms with Crippen LogP contribution in [-0.2, 0) is 0 Å². The molecule has 1 amide bonds. The van der Waals surface area contributed by atoms with Crippen LogP contribution < -0.4 is 20.7 Å². The fraction of sp³-hybridized carbons (Fsp3) is 0.381. The van der Waals surface area contributed by atoms with Crippen molar-refractivity contribution in [2.24, 2.45) is 0 Å². The van der Waals surface area contributed by atoms with Crippen molar-refractivity contribution in [1.29, 1.82) is 0 Å². The van der Waals surface area contributed by atoms with Gasteiger partial charge in [-0.05, 0) is 55.9 Å². The number of carbonyl (C=O) groups excluding carboxylic acids is 1. The highest BCUT2D eigenvalue weighted by Gasteiger charge is 2.14. The smallest absolute Gasteiger partial charge is 0.255 e. The maximum atomic E-state index is 12.5. The predicted molar refractivity (Wildman–Crippen MR) is 111 cm³/mol. The lowest BCUT2D eigenvalue weighted by Gasteiger charge is -2.34. The van der Waals surface area contributed by atoms with E-state index in [1.165, 1.54) is 5.69 Å². The van der Waals surface area contributed by atoms with Crippen molar-refractivity contribution in [3.05, 3.63) is 48.0 Å². The summed E-state index contributed by atoms with van der Waals surface area (Å²) in [6, 6.07) is 13.1. The van der Waals surface area contributed by atoms with Gasteiger partial charge in [0.15, 0.2) is 0 Å². The van der Waals surface area contributed by atoms with Crippen LogP contribution in [0.4, 0.5) is 17.1 Å². The fourth-order valence-corrected chi connectivity index (χ4v) is 3.06. The molecule has 0 atom stereocenters. The van der Waals surface area contributed by atoms with Gasteiger partial charge >= 0.3 is 0 Å². The van der Waals surface area contributed by atoms with Gasteiger partial charge in [-0.2, -0.15) is 0 Å². The molecule has 1 saturated heterocycles. The molecule has 144 valence electrons. The van der Waals surface area contributed by atoms with E-state index < -0.39 is 0 Å². The molecule has 0 unspecified atom stereocenters. The molecule has 0 radical (unpaired) electrons. The minimum Gasteiger partial charge on any atom is -0.491 e. The zero-order valence-electron chi connectivity index (χ0n) is 16.1. The summed E-state index contributed by atoms with van der Waals surface area (Å²) in [5.41, 5.74) is 8.93. The fourth-order valence-electron chi connectivity index (χ4n) is 3.06. The van der Waals surface area contributed by atoms with Crippen molar-refractivity contribution in [2.45, 2.75) is 13.3 Å². The predicted octanol–water partition coefficient (Wildman–Crippen LogP) is 3.06. The van der Waals surface area contributed by atoms with Crippen molar-refractivity contribution in [3.63, 3.8) is 0 Å². The van der Waals surface area contributed by atoms with Gasteiger partial charge in [0.2, 0.25) is 0 Å². The van der Waals surface area contributed by atoms with E-state index in [1.807, 2.05) is 19.1 Å². The van der Waals surface area contributed by atoms with Crippen LogP contribution in [0.5, 0.6) is 5.75 Å². The average molecular weight is 368 g/mol. The van der Waals surface area contributed by atoms with Crippen LogP contribution in [0.25, 0.3) is 0 Å². The van der Waals surface area contributed by atoms with Crippen molar-refractivity contribution >= 4 is 23.0 Å². The molecule has 0 saturated carbocycles. The molecular weight excluding hydrogens is 340 g/mol. The van der Waals surface area contributed by atoms with Crippen molar-refractivity contribution in [1.82, 2.24) is 4.90 Å². The molecular formula is C21H28N4O2. The van der Waals surface area contributed by atoms with Crippen LogP contribution in [0.15, 0.2) is 42.5 Å². The molecule has 2 aromatic carbocycles. The van der Waals surface area contributed by atoms with E-state index >= 15 is 0 Å². The number of nitrogens with one attached hydrogen (secondary N) is 1. The van der Waals surface area contributed by atoms with Gasteiger partial charge in [0.1, 0.15) is 5.75 Å². The van der Waals surface area contributed by atoms with Gasteiger partial charge in [0, 0.05) is 43.1 Å². The summed E-state index contributed by atoms with van der Waals surface area (Å²) in [5, 5.41) is 2.92. The Morgan fingerprint density at radius 1 is 1.11 bits per heavy atom. The summed E-state index contributed by atoms with van der Waals surface area (Å²) in [5.74, 6) is 0.431. The monoisotopic (exact) mass is 368 g/mol. The first-order chi connectivity index (χ1) is 13.1. The topological polar surface area (TPSA) is 70.8 Å². The lowest BCUT2D eigenvalue weighted by molar-refractivity contribution is 0.102. The lowest BCUT2D eigenvalue weighted by atomic mass is 10.1. The molecule has 0 aromatic heterocycles. The molecule has 0 bridgehead atoms. The number of nitrogens with zero attached hydrogens (tertiary/aromatic N) is 2. The first kappa shape index (κ1) is 19.0. The maximum absolute atomic E-state index is 12.5. The number of nitrogen functional groups attached to an aromatic ring is 1. The third-order valence-electron chi connectivity index (χ3n) is 4.73. The second-order valence-electron chi connectivity index (χ2n) is 6.89. The second-order valence-corrected chi connectivity index (χ2v) is 6.89. The van der Waals surface area contributed by atoms with Gasteiger partial charge in [-0.1, -0.05) is 6.92 Å². The number of rotatable bonds is 6. The van der Waals surface area contributed by atoms with Crippen LogP contribution in [0, 0.1) is 0 Å². The molecule has 1 aliphatic heterocycles.